The number of carbonyl (C=O) groups excluding carboxylic acids is 1. The summed E-state index contributed by atoms with van der Waals surface area (Å²) in [5.74, 6) is 0.364. The lowest BCUT2D eigenvalue weighted by Crippen LogP contribution is -2.38. The topological polar surface area (TPSA) is 55.1 Å². The van der Waals surface area contributed by atoms with E-state index < -0.39 is 0 Å². The van der Waals surface area contributed by atoms with Crippen molar-refractivity contribution in [2.45, 2.75) is 58.9 Å². The number of rotatable bonds is 3. The van der Waals surface area contributed by atoms with E-state index in [2.05, 4.69) is 26.1 Å². The molecular weight excluding hydrogens is 236 g/mol. The molecule has 1 saturated carbocycles. The van der Waals surface area contributed by atoms with Crippen molar-refractivity contribution in [3.8, 4) is 0 Å². The lowest BCUT2D eigenvalue weighted by molar-refractivity contribution is -0.126. The largest absolute Gasteiger partial charge is 0.356 e. The number of hydrogen-bond acceptors (Lipinski definition) is 2. The summed E-state index contributed by atoms with van der Waals surface area (Å²) in [6.07, 6.45) is 5.07. The van der Waals surface area contributed by atoms with Crippen molar-refractivity contribution in [1.29, 1.82) is 0 Å². The second kappa shape index (κ2) is 7.22. The summed E-state index contributed by atoms with van der Waals surface area (Å²) >= 11 is 0. The van der Waals surface area contributed by atoms with Crippen molar-refractivity contribution in [2.75, 3.05) is 6.54 Å². The Morgan fingerprint density at radius 3 is 2.53 bits per heavy atom. The third kappa shape index (κ3) is 6.89. The number of nitrogens with two attached hydrogens (primary N) is 1. The molecule has 0 aromatic rings. The molecule has 3 N–H and O–H groups in total. The molecule has 3 nitrogen and oxygen atoms in total. The van der Waals surface area contributed by atoms with Crippen LogP contribution in [-0.4, -0.2) is 18.5 Å². The fourth-order valence-electron chi connectivity index (χ4n) is 2.17. The standard InChI is InChI=1S/C13H26N2O.ClH/c1-13(2,3)7-8-15-12(16)10-5-4-6-11(14)9-10;/h10-11H,4-9,14H2,1-3H3,(H,15,16);1H. The van der Waals surface area contributed by atoms with Gasteiger partial charge in [-0.1, -0.05) is 27.2 Å². The summed E-state index contributed by atoms with van der Waals surface area (Å²) < 4.78 is 0. The minimum absolute atomic E-state index is 0. The molecule has 1 rings (SSSR count). The molecular formula is C13H27ClN2O. The summed E-state index contributed by atoms with van der Waals surface area (Å²) in [7, 11) is 0. The van der Waals surface area contributed by atoms with Gasteiger partial charge in [-0.3, -0.25) is 4.79 Å². The quantitative estimate of drug-likeness (QED) is 0.821. The second-order valence-electron chi connectivity index (χ2n) is 6.23. The van der Waals surface area contributed by atoms with E-state index in [0.717, 1.165) is 38.6 Å². The van der Waals surface area contributed by atoms with Crippen LogP contribution in [0.15, 0.2) is 0 Å². The molecule has 0 heterocycles. The van der Waals surface area contributed by atoms with Crippen molar-refractivity contribution < 1.29 is 4.79 Å². The van der Waals surface area contributed by atoms with Gasteiger partial charge < -0.3 is 11.1 Å². The number of hydrogen-bond donors (Lipinski definition) is 2. The molecule has 0 saturated heterocycles. The zero-order valence-electron chi connectivity index (χ0n) is 11.3. The van der Waals surface area contributed by atoms with Crippen LogP contribution in [-0.2, 0) is 4.79 Å². The van der Waals surface area contributed by atoms with Crippen LogP contribution in [0.25, 0.3) is 0 Å². The first kappa shape index (κ1) is 16.7. The highest BCUT2D eigenvalue weighted by Gasteiger charge is 2.25. The van der Waals surface area contributed by atoms with Gasteiger partial charge in [0.05, 0.1) is 0 Å². The molecule has 1 fully saturated rings. The Labute approximate surface area is 111 Å². The van der Waals surface area contributed by atoms with Crippen LogP contribution in [0.5, 0.6) is 0 Å². The van der Waals surface area contributed by atoms with E-state index in [9.17, 15) is 4.79 Å². The number of amides is 1. The van der Waals surface area contributed by atoms with Gasteiger partial charge in [-0.05, 0) is 31.1 Å². The van der Waals surface area contributed by atoms with Crippen LogP contribution in [0.3, 0.4) is 0 Å². The maximum atomic E-state index is 11.9. The zero-order valence-corrected chi connectivity index (χ0v) is 12.1. The SMILES string of the molecule is CC(C)(C)CCNC(=O)C1CCCC(N)C1.Cl. The van der Waals surface area contributed by atoms with Crippen LogP contribution < -0.4 is 11.1 Å². The van der Waals surface area contributed by atoms with Crippen molar-refractivity contribution in [1.82, 2.24) is 5.32 Å². The van der Waals surface area contributed by atoms with E-state index in [-0.39, 0.29) is 35.7 Å². The van der Waals surface area contributed by atoms with Gasteiger partial charge in [0.1, 0.15) is 0 Å². The Bertz CT molecular complexity index is 238. The Kier molecular flexibility index (Phi) is 7.10. The molecule has 0 aliphatic heterocycles. The Balaban J connectivity index is 0.00000256. The molecule has 4 heteroatoms. The molecule has 0 radical (unpaired) electrons. The lowest BCUT2D eigenvalue weighted by Gasteiger charge is -2.26. The summed E-state index contributed by atoms with van der Waals surface area (Å²) in [5, 5.41) is 3.03. The van der Waals surface area contributed by atoms with E-state index >= 15 is 0 Å². The highest BCUT2D eigenvalue weighted by Crippen LogP contribution is 2.23. The van der Waals surface area contributed by atoms with Gasteiger partial charge in [0, 0.05) is 18.5 Å². The Morgan fingerprint density at radius 1 is 1.35 bits per heavy atom. The number of nitrogens with one attached hydrogen (secondary N) is 1. The number of halogens is 1. The highest BCUT2D eigenvalue weighted by atomic mass is 35.5. The molecule has 102 valence electrons. The van der Waals surface area contributed by atoms with E-state index in [1.165, 1.54) is 0 Å². The van der Waals surface area contributed by atoms with Crippen LogP contribution in [0.1, 0.15) is 52.9 Å². The predicted molar refractivity (Wildman–Crippen MR) is 74.3 cm³/mol. The highest BCUT2D eigenvalue weighted by molar-refractivity contribution is 5.85. The van der Waals surface area contributed by atoms with Crippen LogP contribution in [0, 0.1) is 11.3 Å². The van der Waals surface area contributed by atoms with E-state index in [4.69, 9.17) is 5.73 Å². The average molecular weight is 263 g/mol. The maximum Gasteiger partial charge on any atom is 0.223 e. The summed E-state index contributed by atoms with van der Waals surface area (Å²) in [4.78, 5) is 11.9. The van der Waals surface area contributed by atoms with Crippen LogP contribution in [0.2, 0.25) is 0 Å². The maximum absolute atomic E-state index is 11.9. The molecule has 1 aliphatic carbocycles. The predicted octanol–water partition coefficient (Wildman–Crippen LogP) is 2.48. The Hall–Kier alpha value is -0.280. The Morgan fingerprint density at radius 2 is 2.00 bits per heavy atom. The van der Waals surface area contributed by atoms with Gasteiger partial charge in [-0.15, -0.1) is 12.4 Å². The molecule has 0 aromatic heterocycles. The molecule has 1 aliphatic rings. The van der Waals surface area contributed by atoms with Gasteiger partial charge in [0.15, 0.2) is 0 Å². The summed E-state index contributed by atoms with van der Waals surface area (Å²) in [5.41, 5.74) is 6.17. The first-order valence-corrected chi connectivity index (χ1v) is 6.42. The molecule has 0 spiro atoms. The lowest BCUT2D eigenvalue weighted by atomic mass is 9.85. The van der Waals surface area contributed by atoms with Crippen molar-refractivity contribution in [3.63, 3.8) is 0 Å². The third-order valence-electron chi connectivity index (χ3n) is 3.26. The average Bonchev–Trinajstić information content (AvgIpc) is 2.15. The molecule has 0 aromatic carbocycles. The third-order valence-corrected chi connectivity index (χ3v) is 3.26. The van der Waals surface area contributed by atoms with Gasteiger partial charge in [0.25, 0.3) is 0 Å². The fraction of sp³-hybridized carbons (Fsp3) is 0.923. The van der Waals surface area contributed by atoms with E-state index in [1.807, 2.05) is 0 Å². The van der Waals surface area contributed by atoms with Crippen LogP contribution in [0.4, 0.5) is 0 Å². The first-order valence-electron chi connectivity index (χ1n) is 6.42. The first-order chi connectivity index (χ1) is 7.38. The minimum Gasteiger partial charge on any atom is -0.356 e. The zero-order chi connectivity index (χ0) is 12.2. The molecule has 17 heavy (non-hydrogen) atoms. The van der Waals surface area contributed by atoms with Gasteiger partial charge in [0.2, 0.25) is 5.91 Å². The summed E-state index contributed by atoms with van der Waals surface area (Å²) in [6, 6.07) is 0.229. The van der Waals surface area contributed by atoms with E-state index in [1.54, 1.807) is 0 Å². The molecule has 2 atom stereocenters. The number of carbonyl (C=O) groups is 1. The molecule has 0 bridgehead atoms. The van der Waals surface area contributed by atoms with Crippen molar-refractivity contribution in [3.05, 3.63) is 0 Å². The second-order valence-corrected chi connectivity index (χ2v) is 6.23. The summed E-state index contributed by atoms with van der Waals surface area (Å²) in [6.45, 7) is 7.36. The van der Waals surface area contributed by atoms with Gasteiger partial charge in [-0.25, -0.2) is 0 Å². The van der Waals surface area contributed by atoms with Gasteiger partial charge in [-0.2, -0.15) is 0 Å². The van der Waals surface area contributed by atoms with Gasteiger partial charge >= 0.3 is 0 Å². The van der Waals surface area contributed by atoms with E-state index in [0.29, 0.717) is 0 Å². The minimum atomic E-state index is 0. The smallest absolute Gasteiger partial charge is 0.223 e. The normalized spacial score (nSPS) is 24.9. The monoisotopic (exact) mass is 262 g/mol. The van der Waals surface area contributed by atoms with Crippen LogP contribution >= 0.6 is 12.4 Å². The molecule has 1 amide bonds. The van der Waals surface area contributed by atoms with Crippen molar-refractivity contribution >= 4 is 18.3 Å². The molecule has 2 unspecified atom stereocenters. The van der Waals surface area contributed by atoms with Crippen molar-refractivity contribution in [2.24, 2.45) is 17.1 Å². The fourth-order valence-corrected chi connectivity index (χ4v) is 2.17.